The minimum absolute atomic E-state index is 0.265. The van der Waals surface area contributed by atoms with E-state index >= 15 is 0 Å². The van der Waals surface area contributed by atoms with Crippen molar-refractivity contribution >= 4 is 28.6 Å². The smallest absolute Gasteiger partial charge is 0.163 e. The number of aryl methyl sites for hydroxylation is 2. The molecule has 0 radical (unpaired) electrons. The monoisotopic (exact) mass is 461 g/mol. The number of anilines is 1. The molecule has 170 valence electrons. The Morgan fingerprint density at radius 2 is 1.85 bits per heavy atom. The van der Waals surface area contributed by atoms with Crippen molar-refractivity contribution < 1.29 is 0 Å². The van der Waals surface area contributed by atoms with Crippen LogP contribution in [0.3, 0.4) is 0 Å². The summed E-state index contributed by atoms with van der Waals surface area (Å²) in [5.41, 5.74) is 6.58. The van der Waals surface area contributed by atoms with Crippen LogP contribution in [0, 0.1) is 19.3 Å². The van der Waals surface area contributed by atoms with E-state index in [1.54, 1.807) is 6.92 Å². The summed E-state index contributed by atoms with van der Waals surface area (Å²) in [4.78, 5) is 4.04. The maximum Gasteiger partial charge on any atom is 0.163 e. The molecule has 0 bridgehead atoms. The van der Waals surface area contributed by atoms with Gasteiger partial charge in [0.05, 0.1) is 28.9 Å². The molecule has 1 unspecified atom stereocenters. The van der Waals surface area contributed by atoms with Crippen LogP contribution in [0.4, 0.5) is 5.69 Å². The average Bonchev–Trinajstić information content (AvgIpc) is 3.27. The van der Waals surface area contributed by atoms with Crippen molar-refractivity contribution in [2.45, 2.75) is 26.8 Å². The molecule has 0 amide bonds. The minimum Gasteiger partial charge on any atom is -0.365 e. The first-order valence-electron chi connectivity index (χ1n) is 10.6. The lowest BCUT2D eigenvalue weighted by Gasteiger charge is -2.30. The van der Waals surface area contributed by atoms with Gasteiger partial charge in [-0.2, -0.15) is 0 Å². The molecule has 33 heavy (non-hydrogen) atoms. The Hall–Kier alpha value is -3.58. The second kappa shape index (κ2) is 8.41. The van der Waals surface area contributed by atoms with Gasteiger partial charge >= 0.3 is 0 Å². The summed E-state index contributed by atoms with van der Waals surface area (Å²) < 4.78 is 1.98. The summed E-state index contributed by atoms with van der Waals surface area (Å²) >= 11 is 6.19. The standard InChI is InChI=1S/C25H28ClN7/c1-14-12-21(13-32-18(5)29-30-25(14)32)33-16(3)23(28-17(4)31(6)7)22(15(2)27)24(33)19-8-10-20(26)11-9-19/h8-13,24,27-28H,3-4H2,1-2,5-7H3. The molecule has 1 aliphatic heterocycles. The normalized spacial score (nSPS) is 16.0. The highest BCUT2D eigenvalue weighted by Crippen LogP contribution is 2.45. The Kier molecular flexibility index (Phi) is 5.76. The maximum absolute atomic E-state index is 8.66. The summed E-state index contributed by atoms with van der Waals surface area (Å²) in [7, 11) is 3.84. The van der Waals surface area contributed by atoms with Crippen molar-refractivity contribution in [2.24, 2.45) is 0 Å². The highest BCUT2D eigenvalue weighted by molar-refractivity contribution is 6.30. The summed E-state index contributed by atoms with van der Waals surface area (Å²) in [5.74, 6) is 1.52. The quantitative estimate of drug-likeness (QED) is 0.506. The van der Waals surface area contributed by atoms with Gasteiger partial charge in [-0.15, -0.1) is 10.2 Å². The molecule has 2 N–H and O–H groups in total. The zero-order valence-corrected chi connectivity index (χ0v) is 20.3. The van der Waals surface area contributed by atoms with Crippen LogP contribution in [0.5, 0.6) is 0 Å². The van der Waals surface area contributed by atoms with Crippen LogP contribution < -0.4 is 10.2 Å². The third kappa shape index (κ3) is 3.89. The number of pyridine rings is 1. The molecule has 0 fully saturated rings. The first kappa shape index (κ1) is 22.6. The fourth-order valence-electron chi connectivity index (χ4n) is 4.13. The van der Waals surface area contributed by atoms with Gasteiger partial charge in [0.1, 0.15) is 5.82 Å². The topological polar surface area (TPSA) is 72.5 Å². The van der Waals surface area contributed by atoms with E-state index in [2.05, 4.69) is 39.6 Å². The van der Waals surface area contributed by atoms with Gasteiger partial charge in [0.2, 0.25) is 0 Å². The number of fused-ring (bicyclic) bond motifs is 1. The summed E-state index contributed by atoms with van der Waals surface area (Å²) in [6.45, 7) is 14.3. The lowest BCUT2D eigenvalue weighted by Crippen LogP contribution is -2.27. The molecular weight excluding hydrogens is 434 g/mol. The number of hydrogen-bond acceptors (Lipinski definition) is 6. The summed E-state index contributed by atoms with van der Waals surface area (Å²) in [6, 6.07) is 9.55. The Bertz CT molecular complexity index is 1310. The number of nitrogens with zero attached hydrogens (tertiary/aromatic N) is 5. The van der Waals surface area contributed by atoms with E-state index < -0.39 is 0 Å². The van der Waals surface area contributed by atoms with Crippen LogP contribution in [-0.2, 0) is 0 Å². The summed E-state index contributed by atoms with van der Waals surface area (Å²) in [5, 5.41) is 21.2. The van der Waals surface area contributed by atoms with Crippen molar-refractivity contribution in [3.8, 4) is 0 Å². The van der Waals surface area contributed by atoms with Gasteiger partial charge in [-0.05, 0) is 50.1 Å². The van der Waals surface area contributed by atoms with Crippen LogP contribution in [-0.4, -0.2) is 39.3 Å². The number of rotatable bonds is 6. The second-order valence-corrected chi connectivity index (χ2v) is 8.91. The molecule has 0 aliphatic carbocycles. The van der Waals surface area contributed by atoms with Crippen molar-refractivity contribution in [1.82, 2.24) is 24.8 Å². The van der Waals surface area contributed by atoms with E-state index in [1.807, 2.05) is 67.7 Å². The first-order chi connectivity index (χ1) is 15.6. The first-order valence-corrected chi connectivity index (χ1v) is 11.0. The van der Waals surface area contributed by atoms with E-state index in [4.69, 9.17) is 17.0 Å². The largest absolute Gasteiger partial charge is 0.365 e. The number of aromatic nitrogens is 3. The highest BCUT2D eigenvalue weighted by atomic mass is 35.5. The number of nitrogens with one attached hydrogen (secondary N) is 2. The zero-order valence-electron chi connectivity index (χ0n) is 19.6. The molecule has 1 aromatic carbocycles. The van der Waals surface area contributed by atoms with Crippen LogP contribution >= 0.6 is 11.6 Å². The lowest BCUT2D eigenvalue weighted by molar-refractivity contribution is 0.481. The summed E-state index contributed by atoms with van der Waals surface area (Å²) in [6.07, 6.45) is 2.02. The fourth-order valence-corrected chi connectivity index (χ4v) is 4.26. The minimum atomic E-state index is -0.265. The van der Waals surface area contributed by atoms with Gasteiger partial charge in [0.15, 0.2) is 5.65 Å². The zero-order chi connectivity index (χ0) is 24.0. The molecule has 2 aromatic heterocycles. The molecule has 0 spiro atoms. The number of hydrogen-bond donors (Lipinski definition) is 2. The van der Waals surface area contributed by atoms with Gasteiger partial charge in [-0.25, -0.2) is 0 Å². The molecule has 8 heteroatoms. The van der Waals surface area contributed by atoms with Crippen molar-refractivity contribution in [2.75, 3.05) is 19.0 Å². The van der Waals surface area contributed by atoms with Crippen molar-refractivity contribution in [3.63, 3.8) is 0 Å². The van der Waals surface area contributed by atoms with Crippen LogP contribution in [0.15, 0.2) is 72.5 Å². The predicted octanol–water partition coefficient (Wildman–Crippen LogP) is 4.99. The van der Waals surface area contributed by atoms with E-state index in [-0.39, 0.29) is 6.04 Å². The Labute approximate surface area is 199 Å². The second-order valence-electron chi connectivity index (χ2n) is 8.47. The van der Waals surface area contributed by atoms with Gasteiger partial charge in [0, 0.05) is 36.6 Å². The third-order valence-corrected chi connectivity index (χ3v) is 6.15. The van der Waals surface area contributed by atoms with Gasteiger partial charge in [-0.3, -0.25) is 4.40 Å². The SMILES string of the molecule is C=C(NC1=C(C(C)=N)C(c2ccc(Cl)cc2)N(c2cc(C)c3nnc(C)n3c2)C1=C)N(C)C. The highest BCUT2D eigenvalue weighted by Gasteiger charge is 2.39. The molecule has 3 aromatic rings. The van der Waals surface area contributed by atoms with Crippen LogP contribution in [0.1, 0.15) is 29.9 Å². The molecule has 1 aliphatic rings. The number of benzene rings is 1. The van der Waals surface area contributed by atoms with Crippen LogP contribution in [0.25, 0.3) is 5.65 Å². The van der Waals surface area contributed by atoms with E-state index in [9.17, 15) is 0 Å². The molecule has 1 atom stereocenters. The van der Waals surface area contributed by atoms with E-state index in [0.29, 0.717) is 16.6 Å². The van der Waals surface area contributed by atoms with Gasteiger partial charge < -0.3 is 20.5 Å². The lowest BCUT2D eigenvalue weighted by atomic mass is 9.95. The van der Waals surface area contributed by atoms with Crippen molar-refractivity contribution in [3.05, 3.63) is 94.4 Å². The Morgan fingerprint density at radius 1 is 1.18 bits per heavy atom. The van der Waals surface area contributed by atoms with Gasteiger partial charge in [0.25, 0.3) is 0 Å². The Morgan fingerprint density at radius 3 is 2.45 bits per heavy atom. The van der Waals surface area contributed by atoms with Crippen molar-refractivity contribution in [1.29, 1.82) is 5.41 Å². The molecule has 3 heterocycles. The Balaban J connectivity index is 1.94. The molecule has 4 rings (SSSR count). The molecular formula is C25H28ClN7. The van der Waals surface area contributed by atoms with Gasteiger partial charge in [-0.1, -0.05) is 36.9 Å². The third-order valence-electron chi connectivity index (χ3n) is 5.90. The molecule has 0 saturated heterocycles. The maximum atomic E-state index is 8.66. The van der Waals surface area contributed by atoms with Crippen LogP contribution in [0.2, 0.25) is 5.02 Å². The molecule has 7 nitrogen and oxygen atoms in total. The van der Waals surface area contributed by atoms with E-state index in [1.165, 1.54) is 0 Å². The molecule has 0 saturated carbocycles. The predicted molar refractivity (Wildman–Crippen MR) is 135 cm³/mol. The van der Waals surface area contributed by atoms with E-state index in [0.717, 1.165) is 45.3 Å². The average molecular weight is 462 g/mol. The fraction of sp³-hybridized carbons (Fsp3) is 0.240. The number of halogens is 1.